The maximum absolute atomic E-state index is 12.7. The molecule has 2 N–H and O–H groups in total. The van der Waals surface area contributed by atoms with Gasteiger partial charge in [-0.05, 0) is 61.7 Å². The molecular formula is C23H22ClN3O2. The number of halogens is 1. The van der Waals surface area contributed by atoms with Crippen LogP contribution in [0, 0.1) is 0 Å². The summed E-state index contributed by atoms with van der Waals surface area (Å²) in [5.74, 6) is 0.517. The van der Waals surface area contributed by atoms with E-state index in [1.807, 2.05) is 49.4 Å². The molecular weight excluding hydrogens is 386 g/mol. The molecule has 0 spiro atoms. The van der Waals surface area contributed by atoms with E-state index in [0.29, 0.717) is 29.1 Å². The Morgan fingerprint density at radius 1 is 1.17 bits per heavy atom. The van der Waals surface area contributed by atoms with Crippen LogP contribution in [0.1, 0.15) is 30.9 Å². The molecule has 1 aliphatic rings. The Bertz CT molecular complexity index is 1120. The lowest BCUT2D eigenvalue weighted by atomic mass is 10.1. The van der Waals surface area contributed by atoms with Gasteiger partial charge in [-0.1, -0.05) is 23.7 Å². The van der Waals surface area contributed by atoms with Crippen LogP contribution >= 0.6 is 11.6 Å². The fourth-order valence-electron chi connectivity index (χ4n) is 3.07. The van der Waals surface area contributed by atoms with E-state index < -0.39 is 0 Å². The topological polar surface area (TPSA) is 69.6 Å². The fraction of sp³-hybridized carbons (Fsp3) is 0.217. The van der Waals surface area contributed by atoms with Gasteiger partial charge < -0.3 is 10.5 Å². The van der Waals surface area contributed by atoms with Gasteiger partial charge in [-0.3, -0.25) is 14.4 Å². The number of aromatic nitrogens is 1. The molecule has 29 heavy (non-hydrogen) atoms. The van der Waals surface area contributed by atoms with Crippen LogP contribution in [0.4, 0.5) is 5.69 Å². The molecule has 148 valence electrons. The molecule has 0 amide bonds. The van der Waals surface area contributed by atoms with E-state index in [-0.39, 0.29) is 5.56 Å². The summed E-state index contributed by atoms with van der Waals surface area (Å²) >= 11 is 5.89. The van der Waals surface area contributed by atoms with Gasteiger partial charge in [0.05, 0.1) is 6.04 Å². The monoisotopic (exact) mass is 407 g/mol. The van der Waals surface area contributed by atoms with Gasteiger partial charge in [0.2, 0.25) is 0 Å². The molecule has 6 heteroatoms. The number of hydrogen-bond acceptors (Lipinski definition) is 4. The minimum atomic E-state index is -0.175. The maximum Gasteiger partial charge on any atom is 0.258 e. The summed E-state index contributed by atoms with van der Waals surface area (Å²) in [5.41, 5.74) is 10.1. The van der Waals surface area contributed by atoms with Gasteiger partial charge in [0.15, 0.2) is 0 Å². The van der Waals surface area contributed by atoms with E-state index in [1.165, 1.54) is 6.07 Å². The second-order valence-electron chi connectivity index (χ2n) is 7.20. The van der Waals surface area contributed by atoms with Crippen molar-refractivity contribution in [2.75, 3.05) is 5.73 Å². The third-order valence-electron chi connectivity index (χ3n) is 4.84. The third kappa shape index (κ3) is 4.69. The number of hydrogen-bond donors (Lipinski definition) is 1. The first-order valence-electron chi connectivity index (χ1n) is 9.54. The first-order valence-corrected chi connectivity index (χ1v) is 9.92. The van der Waals surface area contributed by atoms with Crippen molar-refractivity contribution in [1.29, 1.82) is 0 Å². The second-order valence-corrected chi connectivity index (χ2v) is 7.64. The lowest BCUT2D eigenvalue weighted by molar-refractivity contribution is 0.305. The number of nitrogens with two attached hydrogens (primary N) is 1. The Labute approximate surface area is 174 Å². The van der Waals surface area contributed by atoms with Gasteiger partial charge in [0.25, 0.3) is 5.56 Å². The van der Waals surface area contributed by atoms with Crippen molar-refractivity contribution >= 4 is 23.0 Å². The van der Waals surface area contributed by atoms with Crippen LogP contribution in [0.15, 0.2) is 70.6 Å². The molecule has 1 fully saturated rings. The smallest absolute Gasteiger partial charge is 0.258 e. The van der Waals surface area contributed by atoms with Gasteiger partial charge in [0.1, 0.15) is 12.4 Å². The van der Waals surface area contributed by atoms with E-state index in [2.05, 4.69) is 4.99 Å². The summed E-state index contributed by atoms with van der Waals surface area (Å²) in [6.07, 6.45) is 3.98. The predicted octanol–water partition coefficient (Wildman–Crippen LogP) is 4.62. The van der Waals surface area contributed by atoms with Crippen molar-refractivity contribution in [1.82, 2.24) is 4.57 Å². The van der Waals surface area contributed by atoms with Crippen LogP contribution in [0.3, 0.4) is 0 Å². The number of aliphatic imine (C=N–C) groups is 1. The van der Waals surface area contributed by atoms with Crippen LogP contribution in [-0.2, 0) is 6.61 Å². The largest absolute Gasteiger partial charge is 0.489 e. The van der Waals surface area contributed by atoms with Gasteiger partial charge in [-0.15, -0.1) is 0 Å². The Morgan fingerprint density at radius 2 is 1.93 bits per heavy atom. The first-order chi connectivity index (χ1) is 14.0. The first kappa shape index (κ1) is 19.3. The highest BCUT2D eigenvalue weighted by Crippen LogP contribution is 2.26. The molecule has 0 radical (unpaired) electrons. The average Bonchev–Trinajstić information content (AvgIpc) is 3.52. The summed E-state index contributed by atoms with van der Waals surface area (Å²) in [7, 11) is 0. The van der Waals surface area contributed by atoms with Crippen LogP contribution < -0.4 is 16.0 Å². The highest BCUT2D eigenvalue weighted by atomic mass is 35.5. The van der Waals surface area contributed by atoms with Crippen molar-refractivity contribution in [3.63, 3.8) is 0 Å². The second kappa shape index (κ2) is 8.13. The number of ether oxygens (including phenoxy) is 1. The molecule has 0 atom stereocenters. The van der Waals surface area contributed by atoms with E-state index in [9.17, 15) is 4.79 Å². The zero-order valence-corrected chi connectivity index (χ0v) is 16.9. The van der Waals surface area contributed by atoms with Crippen LogP contribution in [0.2, 0.25) is 5.02 Å². The van der Waals surface area contributed by atoms with Crippen molar-refractivity contribution in [3.05, 3.63) is 87.3 Å². The molecule has 1 heterocycles. The van der Waals surface area contributed by atoms with Crippen molar-refractivity contribution < 1.29 is 4.74 Å². The third-order valence-corrected chi connectivity index (χ3v) is 5.09. The van der Waals surface area contributed by atoms with Crippen molar-refractivity contribution in [2.45, 2.75) is 32.4 Å². The van der Waals surface area contributed by atoms with E-state index in [4.69, 9.17) is 22.1 Å². The Kier molecular flexibility index (Phi) is 5.41. The van der Waals surface area contributed by atoms with Crippen molar-refractivity contribution in [3.8, 4) is 11.4 Å². The van der Waals surface area contributed by atoms with Gasteiger partial charge in [-0.2, -0.15) is 0 Å². The number of rotatable bonds is 6. The molecule has 5 nitrogen and oxygen atoms in total. The summed E-state index contributed by atoms with van der Waals surface area (Å²) in [5, 5.41) is 0.677. The number of nitrogens with zero attached hydrogens (tertiary/aromatic N) is 2. The molecule has 0 saturated heterocycles. The zero-order valence-electron chi connectivity index (χ0n) is 16.1. The highest BCUT2D eigenvalue weighted by Gasteiger charge is 2.20. The van der Waals surface area contributed by atoms with Gasteiger partial charge in [0, 0.05) is 39.9 Å². The van der Waals surface area contributed by atoms with Crippen molar-refractivity contribution in [2.24, 2.45) is 4.99 Å². The van der Waals surface area contributed by atoms with Crippen LogP contribution in [-0.4, -0.2) is 16.3 Å². The number of pyridine rings is 1. The SMILES string of the molecule is CC(=NC1CC1)c1cc(-n2ccc(OCc3ccc(Cl)cc3)cc2=O)ccc1N. The Hall–Kier alpha value is -3.05. The summed E-state index contributed by atoms with van der Waals surface area (Å²) < 4.78 is 7.31. The van der Waals surface area contributed by atoms with Gasteiger partial charge in [-0.25, -0.2) is 0 Å². The van der Waals surface area contributed by atoms with Gasteiger partial charge >= 0.3 is 0 Å². The van der Waals surface area contributed by atoms with E-state index >= 15 is 0 Å². The van der Waals surface area contributed by atoms with Crippen LogP contribution in [0.5, 0.6) is 5.75 Å². The average molecular weight is 408 g/mol. The van der Waals surface area contributed by atoms with Crippen LogP contribution in [0.25, 0.3) is 5.69 Å². The molecule has 0 unspecified atom stereocenters. The highest BCUT2D eigenvalue weighted by molar-refractivity contribution is 6.30. The lowest BCUT2D eigenvalue weighted by Gasteiger charge is -2.12. The molecule has 1 aromatic heterocycles. The quantitative estimate of drug-likeness (QED) is 0.478. The minimum absolute atomic E-state index is 0.175. The zero-order chi connectivity index (χ0) is 20.4. The fourth-order valence-corrected chi connectivity index (χ4v) is 3.19. The molecule has 0 bridgehead atoms. The predicted molar refractivity (Wildman–Crippen MR) is 117 cm³/mol. The maximum atomic E-state index is 12.7. The molecule has 1 aliphatic carbocycles. The van der Waals surface area contributed by atoms with E-state index in [1.54, 1.807) is 16.8 Å². The Morgan fingerprint density at radius 3 is 2.62 bits per heavy atom. The standard InChI is InChI=1S/C23H22ClN3O2/c1-15(26-18-6-7-18)21-12-19(8-9-22(21)25)27-11-10-20(13-23(27)28)29-14-16-2-4-17(24)5-3-16/h2-5,8-13,18H,6-7,14,25H2,1H3. The normalized spacial score (nSPS) is 14.1. The molecule has 2 aromatic carbocycles. The molecule has 1 saturated carbocycles. The van der Waals surface area contributed by atoms with E-state index in [0.717, 1.165) is 35.4 Å². The minimum Gasteiger partial charge on any atom is -0.489 e. The summed E-state index contributed by atoms with van der Waals surface area (Å²) in [4.78, 5) is 17.3. The molecule has 0 aliphatic heterocycles. The summed E-state index contributed by atoms with van der Waals surface area (Å²) in [6, 6.07) is 16.6. The molecule has 3 aromatic rings. The number of nitrogen functional groups attached to an aromatic ring is 1. The number of benzene rings is 2. The Balaban J connectivity index is 1.54. The lowest BCUT2D eigenvalue weighted by Crippen LogP contribution is -2.17. The summed E-state index contributed by atoms with van der Waals surface area (Å²) in [6.45, 7) is 2.33. The molecule has 4 rings (SSSR count). The number of anilines is 1.